The third-order valence-corrected chi connectivity index (χ3v) is 5.34. The Hall–Kier alpha value is -1.69. The maximum atomic E-state index is 12.6. The summed E-state index contributed by atoms with van der Waals surface area (Å²) in [5.74, 6) is 0.267. The lowest BCUT2D eigenvalue weighted by atomic mass is 10.0. The number of likely N-dealkylation sites (tertiary alicyclic amines) is 2. The van der Waals surface area contributed by atoms with Gasteiger partial charge in [-0.2, -0.15) is 0 Å². The Bertz CT molecular complexity index is 611. The molecule has 6 heteroatoms. The average molecular weight is 333 g/mol. The molecule has 23 heavy (non-hydrogen) atoms. The van der Waals surface area contributed by atoms with Gasteiger partial charge in [0.25, 0.3) is 0 Å². The Morgan fingerprint density at radius 2 is 2.26 bits per heavy atom. The fraction of sp³-hybridized carbons (Fsp3) is 0.588. The van der Waals surface area contributed by atoms with E-state index >= 15 is 0 Å². The molecule has 2 fully saturated rings. The molecular formula is C17H23N3O2S. The van der Waals surface area contributed by atoms with Gasteiger partial charge in [0.2, 0.25) is 11.8 Å². The van der Waals surface area contributed by atoms with E-state index in [0.29, 0.717) is 13.0 Å². The van der Waals surface area contributed by atoms with E-state index in [1.165, 1.54) is 0 Å². The Labute approximate surface area is 141 Å². The second-order valence-corrected chi connectivity index (χ2v) is 7.31. The van der Waals surface area contributed by atoms with E-state index in [1.807, 2.05) is 22.1 Å². The lowest BCUT2D eigenvalue weighted by molar-refractivity contribution is -0.134. The monoisotopic (exact) mass is 333 g/mol. The fourth-order valence-corrected chi connectivity index (χ4v) is 3.92. The molecule has 2 aliphatic heterocycles. The van der Waals surface area contributed by atoms with E-state index in [1.54, 1.807) is 23.5 Å². The topological polar surface area (TPSA) is 53.5 Å². The van der Waals surface area contributed by atoms with Crippen molar-refractivity contribution in [3.63, 3.8) is 0 Å². The number of rotatable bonds is 4. The number of hydrogen-bond acceptors (Lipinski definition) is 4. The number of amides is 2. The molecule has 2 amide bonds. The minimum Gasteiger partial charge on any atom is -0.341 e. The van der Waals surface area contributed by atoms with Crippen LogP contribution in [-0.4, -0.2) is 52.3 Å². The number of carbonyl (C=O) groups is 2. The van der Waals surface area contributed by atoms with Gasteiger partial charge in [0.05, 0.1) is 10.7 Å². The van der Waals surface area contributed by atoms with Gasteiger partial charge in [-0.25, -0.2) is 4.98 Å². The number of thiazole rings is 1. The molecule has 2 saturated heterocycles. The van der Waals surface area contributed by atoms with Crippen LogP contribution in [0.1, 0.15) is 42.8 Å². The summed E-state index contributed by atoms with van der Waals surface area (Å²) in [6, 6.07) is 0.153. The minimum atomic E-state index is 0.0343. The van der Waals surface area contributed by atoms with Crippen molar-refractivity contribution < 1.29 is 9.59 Å². The molecule has 1 aromatic rings. The smallest absolute Gasteiger partial charge is 0.246 e. The van der Waals surface area contributed by atoms with Gasteiger partial charge < -0.3 is 9.80 Å². The first-order chi connectivity index (χ1) is 11.1. The second-order valence-electron chi connectivity index (χ2n) is 6.25. The van der Waals surface area contributed by atoms with Crippen molar-refractivity contribution in [1.29, 1.82) is 0 Å². The van der Waals surface area contributed by atoms with E-state index < -0.39 is 0 Å². The molecule has 2 aliphatic rings. The van der Waals surface area contributed by atoms with E-state index in [4.69, 9.17) is 0 Å². The van der Waals surface area contributed by atoms with Crippen molar-refractivity contribution in [3.8, 4) is 0 Å². The summed E-state index contributed by atoms with van der Waals surface area (Å²) in [6.45, 7) is 4.27. The van der Waals surface area contributed by atoms with Crippen LogP contribution >= 0.6 is 11.3 Å². The van der Waals surface area contributed by atoms with Gasteiger partial charge in [-0.05, 0) is 38.7 Å². The Morgan fingerprint density at radius 3 is 2.96 bits per heavy atom. The highest BCUT2D eigenvalue weighted by Crippen LogP contribution is 2.21. The zero-order valence-electron chi connectivity index (χ0n) is 13.5. The van der Waals surface area contributed by atoms with Crippen LogP contribution in [0.5, 0.6) is 0 Å². The Kier molecular flexibility index (Phi) is 5.10. The maximum absolute atomic E-state index is 12.6. The van der Waals surface area contributed by atoms with Crippen molar-refractivity contribution in [3.05, 3.63) is 22.2 Å². The van der Waals surface area contributed by atoms with Gasteiger partial charge in [0.15, 0.2) is 0 Å². The molecule has 0 unspecified atom stereocenters. The van der Waals surface area contributed by atoms with Crippen molar-refractivity contribution in [2.75, 3.05) is 19.6 Å². The summed E-state index contributed by atoms with van der Waals surface area (Å²) >= 11 is 1.58. The van der Waals surface area contributed by atoms with Crippen LogP contribution in [0.25, 0.3) is 6.08 Å². The average Bonchev–Trinajstić information content (AvgIpc) is 3.14. The van der Waals surface area contributed by atoms with Crippen molar-refractivity contribution in [1.82, 2.24) is 14.8 Å². The molecule has 3 heterocycles. The molecule has 1 atom stereocenters. The summed E-state index contributed by atoms with van der Waals surface area (Å²) in [5.41, 5.74) is 0.837. The Balaban J connectivity index is 1.64. The number of aryl methyl sites for hydroxylation is 1. The van der Waals surface area contributed by atoms with Crippen LogP contribution in [0.4, 0.5) is 0 Å². The van der Waals surface area contributed by atoms with Crippen LogP contribution in [0.15, 0.2) is 11.5 Å². The minimum absolute atomic E-state index is 0.0343. The number of nitrogens with zero attached hydrogens (tertiary/aromatic N) is 3. The highest BCUT2D eigenvalue weighted by molar-refractivity contribution is 7.09. The maximum Gasteiger partial charge on any atom is 0.246 e. The molecule has 0 aromatic carbocycles. The lowest BCUT2D eigenvalue weighted by Crippen LogP contribution is -2.49. The second kappa shape index (κ2) is 7.25. The van der Waals surface area contributed by atoms with Crippen LogP contribution < -0.4 is 0 Å². The molecule has 0 spiro atoms. The molecule has 3 rings (SSSR count). The van der Waals surface area contributed by atoms with Gasteiger partial charge in [-0.15, -0.1) is 11.3 Å². The summed E-state index contributed by atoms with van der Waals surface area (Å²) in [7, 11) is 0. The van der Waals surface area contributed by atoms with E-state index in [0.717, 1.165) is 49.5 Å². The predicted molar refractivity (Wildman–Crippen MR) is 91.1 cm³/mol. The summed E-state index contributed by atoms with van der Waals surface area (Å²) in [5, 5.41) is 2.95. The summed E-state index contributed by atoms with van der Waals surface area (Å²) in [6.07, 6.45) is 8.17. The van der Waals surface area contributed by atoms with Gasteiger partial charge in [-0.1, -0.05) is 0 Å². The van der Waals surface area contributed by atoms with Crippen molar-refractivity contribution >= 4 is 29.2 Å². The highest BCUT2D eigenvalue weighted by Gasteiger charge is 2.30. The molecule has 5 nitrogen and oxygen atoms in total. The summed E-state index contributed by atoms with van der Waals surface area (Å²) < 4.78 is 0. The molecule has 1 aromatic heterocycles. The van der Waals surface area contributed by atoms with Gasteiger partial charge in [-0.3, -0.25) is 9.59 Å². The van der Waals surface area contributed by atoms with Crippen LogP contribution in [0, 0.1) is 6.92 Å². The van der Waals surface area contributed by atoms with Gasteiger partial charge >= 0.3 is 0 Å². The summed E-state index contributed by atoms with van der Waals surface area (Å²) in [4.78, 5) is 32.6. The normalized spacial score (nSPS) is 22.3. The third kappa shape index (κ3) is 3.99. The predicted octanol–water partition coefficient (Wildman–Crippen LogP) is 2.47. The Morgan fingerprint density at radius 1 is 1.39 bits per heavy atom. The number of carbonyl (C=O) groups excluding carboxylic acids is 2. The molecule has 0 N–H and O–H groups in total. The number of aromatic nitrogens is 1. The first-order valence-corrected chi connectivity index (χ1v) is 9.20. The quantitative estimate of drug-likeness (QED) is 0.796. The third-order valence-electron chi connectivity index (χ3n) is 4.55. The highest BCUT2D eigenvalue weighted by atomic mass is 32.1. The van der Waals surface area contributed by atoms with Gasteiger partial charge in [0.1, 0.15) is 0 Å². The molecule has 124 valence electrons. The molecular weight excluding hydrogens is 310 g/mol. The number of piperidine rings is 1. The number of hydrogen-bond donors (Lipinski definition) is 0. The fourth-order valence-electron chi connectivity index (χ4n) is 3.34. The molecule has 0 bridgehead atoms. The first-order valence-electron chi connectivity index (χ1n) is 8.32. The standard InChI is InChI=1S/C17H23N3O2S/c1-13-18-14(12-23-13)7-8-17(22)20-10-3-2-5-15(20)11-19-9-4-6-16(19)21/h7-8,12,15H,2-6,9-11H2,1H3/b8-7-/t15-/m1/s1. The molecule has 0 aliphatic carbocycles. The van der Waals surface area contributed by atoms with Crippen molar-refractivity contribution in [2.24, 2.45) is 0 Å². The zero-order valence-corrected chi connectivity index (χ0v) is 14.3. The SMILES string of the molecule is Cc1nc(/C=C\C(=O)N2CCCC[C@@H]2CN2CCCC2=O)cs1. The van der Waals surface area contributed by atoms with E-state index in [-0.39, 0.29) is 17.9 Å². The van der Waals surface area contributed by atoms with E-state index in [2.05, 4.69) is 4.98 Å². The molecule has 0 radical (unpaired) electrons. The first kappa shape index (κ1) is 16.2. The van der Waals surface area contributed by atoms with E-state index in [9.17, 15) is 9.59 Å². The van der Waals surface area contributed by atoms with Crippen LogP contribution in [-0.2, 0) is 9.59 Å². The van der Waals surface area contributed by atoms with Crippen LogP contribution in [0.2, 0.25) is 0 Å². The zero-order chi connectivity index (χ0) is 16.2. The molecule has 0 saturated carbocycles. The largest absolute Gasteiger partial charge is 0.341 e. The van der Waals surface area contributed by atoms with Gasteiger partial charge in [0, 0.05) is 43.6 Å². The lowest BCUT2D eigenvalue weighted by Gasteiger charge is -2.37. The van der Waals surface area contributed by atoms with Crippen molar-refractivity contribution in [2.45, 2.75) is 45.1 Å². The van der Waals surface area contributed by atoms with Crippen LogP contribution in [0.3, 0.4) is 0 Å².